The van der Waals surface area contributed by atoms with Crippen molar-refractivity contribution >= 4 is 11.6 Å². The molecule has 1 fully saturated rings. The van der Waals surface area contributed by atoms with Crippen LogP contribution in [0.4, 0.5) is 10.1 Å². The van der Waals surface area contributed by atoms with Crippen molar-refractivity contribution in [2.45, 2.75) is 12.3 Å². The van der Waals surface area contributed by atoms with Gasteiger partial charge in [0.1, 0.15) is 5.82 Å². The molecule has 1 atom stereocenters. The van der Waals surface area contributed by atoms with E-state index in [2.05, 4.69) is 10.2 Å². The Bertz CT molecular complexity index is 553. The molecule has 2 heterocycles. The topological polar surface area (TPSA) is 59.2 Å². The molecule has 5 nitrogen and oxygen atoms in total. The Morgan fingerprint density at radius 2 is 2.11 bits per heavy atom. The lowest BCUT2D eigenvalue weighted by Gasteiger charge is -2.15. The summed E-state index contributed by atoms with van der Waals surface area (Å²) >= 11 is 0. The minimum Gasteiger partial charge on any atom is -0.428 e. The quantitative estimate of drug-likeness (QED) is 0.810. The monoisotopic (exact) mass is 247 g/mol. The summed E-state index contributed by atoms with van der Waals surface area (Å²) in [6.07, 6.45) is 1.58. The number of rotatable bonds is 2. The number of halogens is 1. The van der Waals surface area contributed by atoms with Crippen LogP contribution in [0.5, 0.6) is 0 Å². The Balaban J connectivity index is 1.82. The van der Waals surface area contributed by atoms with Crippen molar-refractivity contribution in [3.8, 4) is 0 Å². The molecule has 6 heteroatoms. The maximum atomic E-state index is 12.8. The van der Waals surface area contributed by atoms with Crippen molar-refractivity contribution in [1.82, 2.24) is 10.2 Å². The zero-order valence-electron chi connectivity index (χ0n) is 9.41. The SMILES string of the molecule is O=C1C[C@H](c2nnco2)CN1c1ccc(F)cc1. The normalized spacial score (nSPS) is 19.5. The predicted octanol–water partition coefficient (Wildman–Crippen LogP) is 1.73. The summed E-state index contributed by atoms with van der Waals surface area (Å²) in [6.45, 7) is 0.479. The second-order valence-electron chi connectivity index (χ2n) is 4.16. The second-order valence-corrected chi connectivity index (χ2v) is 4.16. The number of hydrogen-bond acceptors (Lipinski definition) is 4. The Hall–Kier alpha value is -2.24. The van der Waals surface area contributed by atoms with Crippen LogP contribution in [0.2, 0.25) is 0 Å². The first kappa shape index (κ1) is 10.9. The molecule has 3 rings (SSSR count). The van der Waals surface area contributed by atoms with Crippen LogP contribution >= 0.6 is 0 Å². The molecule has 1 aliphatic heterocycles. The first-order valence-corrected chi connectivity index (χ1v) is 5.56. The van der Waals surface area contributed by atoms with Crippen LogP contribution in [0, 0.1) is 5.82 Å². The molecule has 2 aromatic rings. The van der Waals surface area contributed by atoms with Gasteiger partial charge >= 0.3 is 0 Å². The van der Waals surface area contributed by atoms with E-state index in [0.717, 1.165) is 0 Å². The standard InChI is InChI=1S/C12H10FN3O2/c13-9-1-3-10(4-2-9)16-6-8(5-11(16)17)12-15-14-7-18-12/h1-4,7-8H,5-6H2/t8-/m0/s1. The largest absolute Gasteiger partial charge is 0.428 e. The minimum absolute atomic E-state index is 0.0233. The van der Waals surface area contributed by atoms with E-state index in [-0.39, 0.29) is 17.6 Å². The Kier molecular flexibility index (Phi) is 2.55. The fraction of sp³-hybridized carbons (Fsp3) is 0.250. The fourth-order valence-electron chi connectivity index (χ4n) is 2.10. The van der Waals surface area contributed by atoms with E-state index >= 15 is 0 Å². The maximum Gasteiger partial charge on any atom is 0.227 e. The summed E-state index contributed by atoms with van der Waals surface area (Å²) in [4.78, 5) is 13.5. The highest BCUT2D eigenvalue weighted by atomic mass is 19.1. The molecule has 0 N–H and O–H groups in total. The summed E-state index contributed by atoms with van der Waals surface area (Å²) in [5.74, 6) is 0.0293. The zero-order chi connectivity index (χ0) is 12.5. The zero-order valence-corrected chi connectivity index (χ0v) is 9.41. The number of carbonyl (C=O) groups is 1. The molecule has 92 valence electrons. The molecule has 0 aliphatic carbocycles. The van der Waals surface area contributed by atoms with Crippen LogP contribution in [0.15, 0.2) is 35.1 Å². The fourth-order valence-corrected chi connectivity index (χ4v) is 2.10. The van der Waals surface area contributed by atoms with Crippen molar-refractivity contribution in [2.75, 3.05) is 11.4 Å². The van der Waals surface area contributed by atoms with Gasteiger partial charge in [-0.05, 0) is 24.3 Å². The van der Waals surface area contributed by atoms with Gasteiger partial charge in [-0.3, -0.25) is 4.79 Å². The van der Waals surface area contributed by atoms with E-state index in [1.807, 2.05) is 0 Å². The number of aromatic nitrogens is 2. The lowest BCUT2D eigenvalue weighted by Crippen LogP contribution is -2.24. The third-order valence-corrected chi connectivity index (χ3v) is 2.99. The second kappa shape index (κ2) is 4.21. The lowest BCUT2D eigenvalue weighted by atomic mass is 10.1. The summed E-state index contributed by atoms with van der Waals surface area (Å²) in [5, 5.41) is 7.42. The van der Waals surface area contributed by atoms with Crippen LogP contribution in [0.3, 0.4) is 0 Å². The third-order valence-electron chi connectivity index (χ3n) is 2.99. The van der Waals surface area contributed by atoms with Crippen molar-refractivity contribution in [2.24, 2.45) is 0 Å². The molecule has 18 heavy (non-hydrogen) atoms. The molecule has 0 unspecified atom stereocenters. The van der Waals surface area contributed by atoms with Gasteiger partial charge in [-0.2, -0.15) is 0 Å². The van der Waals surface area contributed by atoms with E-state index in [0.29, 0.717) is 24.5 Å². The highest BCUT2D eigenvalue weighted by Gasteiger charge is 2.34. The van der Waals surface area contributed by atoms with Gasteiger partial charge < -0.3 is 9.32 Å². The highest BCUT2D eigenvalue weighted by molar-refractivity contribution is 5.96. The Labute approximate surface area is 102 Å². The first-order chi connectivity index (χ1) is 8.74. The van der Waals surface area contributed by atoms with Gasteiger partial charge in [0, 0.05) is 18.7 Å². The molecule has 1 amide bonds. The van der Waals surface area contributed by atoms with E-state index < -0.39 is 0 Å². The highest BCUT2D eigenvalue weighted by Crippen LogP contribution is 2.30. The van der Waals surface area contributed by atoms with E-state index in [9.17, 15) is 9.18 Å². The summed E-state index contributed by atoms with van der Waals surface area (Å²) in [7, 11) is 0. The average molecular weight is 247 g/mol. The number of amides is 1. The predicted molar refractivity (Wildman–Crippen MR) is 60.4 cm³/mol. The van der Waals surface area contributed by atoms with Crippen molar-refractivity contribution in [1.29, 1.82) is 0 Å². The maximum absolute atomic E-state index is 12.8. The molecule has 1 saturated heterocycles. The Morgan fingerprint density at radius 3 is 2.78 bits per heavy atom. The van der Waals surface area contributed by atoms with Crippen LogP contribution in [-0.4, -0.2) is 22.6 Å². The average Bonchev–Trinajstić information content (AvgIpc) is 2.99. The smallest absolute Gasteiger partial charge is 0.227 e. The van der Waals surface area contributed by atoms with Crippen LogP contribution in [0.1, 0.15) is 18.2 Å². The van der Waals surface area contributed by atoms with Gasteiger partial charge in [0.25, 0.3) is 0 Å². The van der Waals surface area contributed by atoms with E-state index in [1.54, 1.807) is 17.0 Å². The molecule has 1 aromatic carbocycles. The number of nitrogens with zero attached hydrogens (tertiary/aromatic N) is 3. The van der Waals surface area contributed by atoms with E-state index in [4.69, 9.17) is 4.42 Å². The molecular formula is C12H10FN3O2. The van der Waals surface area contributed by atoms with Crippen LogP contribution < -0.4 is 4.90 Å². The van der Waals surface area contributed by atoms with Crippen LogP contribution in [0.25, 0.3) is 0 Å². The third kappa shape index (κ3) is 1.85. The Morgan fingerprint density at radius 1 is 1.33 bits per heavy atom. The molecule has 0 saturated carbocycles. The molecule has 0 spiro atoms. The van der Waals surface area contributed by atoms with Gasteiger partial charge in [-0.15, -0.1) is 10.2 Å². The van der Waals surface area contributed by atoms with E-state index in [1.165, 1.54) is 18.5 Å². The molecular weight excluding hydrogens is 237 g/mol. The summed E-state index contributed by atoms with van der Waals surface area (Å²) in [5.41, 5.74) is 0.684. The van der Waals surface area contributed by atoms with Gasteiger partial charge in [0.15, 0.2) is 0 Å². The summed E-state index contributed by atoms with van der Waals surface area (Å²) in [6, 6.07) is 5.85. The van der Waals surface area contributed by atoms with Crippen molar-refractivity contribution in [3.63, 3.8) is 0 Å². The van der Waals surface area contributed by atoms with Gasteiger partial charge in [0.2, 0.25) is 18.2 Å². The van der Waals surface area contributed by atoms with Gasteiger partial charge in [-0.1, -0.05) is 0 Å². The van der Waals surface area contributed by atoms with Gasteiger partial charge in [-0.25, -0.2) is 4.39 Å². The minimum atomic E-state index is -0.321. The number of hydrogen-bond donors (Lipinski definition) is 0. The number of carbonyl (C=O) groups excluding carboxylic acids is 1. The molecule has 1 aliphatic rings. The lowest BCUT2D eigenvalue weighted by molar-refractivity contribution is -0.117. The summed E-state index contributed by atoms with van der Waals surface area (Å²) < 4.78 is 17.9. The van der Waals surface area contributed by atoms with Crippen LogP contribution in [-0.2, 0) is 4.79 Å². The molecule has 0 bridgehead atoms. The van der Waals surface area contributed by atoms with Crippen molar-refractivity contribution < 1.29 is 13.6 Å². The molecule has 0 radical (unpaired) electrons. The van der Waals surface area contributed by atoms with Gasteiger partial charge in [0.05, 0.1) is 5.92 Å². The molecule has 1 aromatic heterocycles. The van der Waals surface area contributed by atoms with Crippen molar-refractivity contribution in [3.05, 3.63) is 42.4 Å². The number of anilines is 1. The number of benzene rings is 1. The first-order valence-electron chi connectivity index (χ1n) is 5.56.